The summed E-state index contributed by atoms with van der Waals surface area (Å²) in [6, 6.07) is 13.6. The molecule has 6 nitrogen and oxygen atoms in total. The van der Waals surface area contributed by atoms with Crippen molar-refractivity contribution in [3.8, 4) is 0 Å². The average Bonchev–Trinajstić information content (AvgIpc) is 2.57. The fourth-order valence-corrected chi connectivity index (χ4v) is 2.72. The molecule has 0 bridgehead atoms. The maximum atomic E-state index is 12.1. The van der Waals surface area contributed by atoms with Crippen molar-refractivity contribution in [2.24, 2.45) is 5.73 Å². The monoisotopic (exact) mass is 348 g/mol. The predicted octanol–water partition coefficient (Wildman–Crippen LogP) is 0.941. The molecule has 0 radical (unpaired) electrons. The largest absolute Gasteiger partial charge is 0.354 e. The standard InChI is InChI=1S/C20H21N5O/c1-12-9-16-14(3)22-20(23-17(16)10-13(12)2)25-19(21)24-18(26)11-15-7-5-4-6-8-15/h4-10H,11H2,1-3H3,(H3,21,22,23,24,25,26)/p+1. The van der Waals surface area contributed by atoms with Crippen molar-refractivity contribution in [3.63, 3.8) is 0 Å². The quantitative estimate of drug-likeness (QED) is 0.485. The number of carbonyl (C=O) groups excluding carboxylic acids is 1. The van der Waals surface area contributed by atoms with Crippen molar-refractivity contribution in [1.82, 2.24) is 15.3 Å². The van der Waals surface area contributed by atoms with Gasteiger partial charge in [0.2, 0.25) is 0 Å². The molecule has 0 atom stereocenters. The Morgan fingerprint density at radius 1 is 1.08 bits per heavy atom. The number of aryl methyl sites for hydroxylation is 3. The van der Waals surface area contributed by atoms with Gasteiger partial charge in [0.25, 0.3) is 11.9 Å². The van der Waals surface area contributed by atoms with E-state index >= 15 is 0 Å². The number of nitrogens with zero attached hydrogens (tertiary/aromatic N) is 2. The highest BCUT2D eigenvalue weighted by atomic mass is 16.1. The molecule has 0 aliphatic carbocycles. The van der Waals surface area contributed by atoms with Gasteiger partial charge in [-0.25, -0.2) is 10.3 Å². The van der Waals surface area contributed by atoms with Crippen LogP contribution < -0.4 is 16.0 Å². The Kier molecular flexibility index (Phi) is 4.93. The Bertz CT molecular complexity index is 996. The minimum Gasteiger partial charge on any atom is -0.322 e. The van der Waals surface area contributed by atoms with Crippen LogP contribution in [0.5, 0.6) is 0 Å². The molecule has 1 amide bonds. The molecule has 1 aromatic heterocycles. The first kappa shape index (κ1) is 17.5. The summed E-state index contributed by atoms with van der Waals surface area (Å²) >= 11 is 0. The van der Waals surface area contributed by atoms with E-state index in [2.05, 4.69) is 33.3 Å². The Morgan fingerprint density at radius 2 is 1.77 bits per heavy atom. The molecule has 0 saturated carbocycles. The second-order valence-corrected chi connectivity index (χ2v) is 6.34. The van der Waals surface area contributed by atoms with Crippen LogP contribution in [-0.4, -0.2) is 21.8 Å². The first-order valence-electron chi connectivity index (χ1n) is 8.41. The second kappa shape index (κ2) is 7.31. The van der Waals surface area contributed by atoms with E-state index in [1.165, 1.54) is 5.56 Å². The van der Waals surface area contributed by atoms with E-state index in [0.717, 1.165) is 27.7 Å². The topological polar surface area (TPSA) is 94.9 Å². The van der Waals surface area contributed by atoms with Crippen molar-refractivity contribution in [2.45, 2.75) is 27.2 Å². The third kappa shape index (κ3) is 4.03. The highest BCUT2D eigenvalue weighted by Gasteiger charge is 2.12. The summed E-state index contributed by atoms with van der Waals surface area (Å²) in [6.07, 6.45) is 0.249. The minimum absolute atomic E-state index is 0.105. The number of carbonyl (C=O) groups is 1. The van der Waals surface area contributed by atoms with Gasteiger partial charge in [0.15, 0.2) is 0 Å². The molecular formula is C20H22N5O+. The molecule has 1 heterocycles. The molecule has 0 spiro atoms. The van der Waals surface area contributed by atoms with Crippen molar-refractivity contribution >= 4 is 28.7 Å². The molecule has 0 fully saturated rings. The molecule has 0 aliphatic rings. The normalized spacial score (nSPS) is 11.6. The summed E-state index contributed by atoms with van der Waals surface area (Å²) in [5.74, 6) is 0.259. The molecule has 2 aromatic carbocycles. The molecule has 0 aliphatic heterocycles. The number of hydrogen-bond donors (Lipinski definition) is 3. The van der Waals surface area contributed by atoms with Gasteiger partial charge in [-0.1, -0.05) is 30.3 Å². The smallest absolute Gasteiger partial charge is 0.322 e. The third-order valence-electron chi connectivity index (χ3n) is 4.23. The highest BCUT2D eigenvalue weighted by molar-refractivity contribution is 5.94. The van der Waals surface area contributed by atoms with Gasteiger partial charge in [-0.15, -0.1) is 9.97 Å². The summed E-state index contributed by atoms with van der Waals surface area (Å²) in [4.78, 5) is 23.9. The predicted molar refractivity (Wildman–Crippen MR) is 102 cm³/mol. The number of benzene rings is 2. The van der Waals surface area contributed by atoms with Crippen LogP contribution in [0.3, 0.4) is 0 Å². The van der Waals surface area contributed by atoms with Crippen LogP contribution in [0.25, 0.3) is 10.9 Å². The molecule has 3 rings (SSSR count). The van der Waals surface area contributed by atoms with Crippen LogP contribution in [0.1, 0.15) is 22.4 Å². The first-order valence-corrected chi connectivity index (χ1v) is 8.41. The number of rotatable bonds is 3. The molecule has 26 heavy (non-hydrogen) atoms. The van der Waals surface area contributed by atoms with Crippen LogP contribution in [0.15, 0.2) is 42.5 Å². The number of guanidine groups is 1. The van der Waals surface area contributed by atoms with Gasteiger partial charge in [0.05, 0.1) is 12.1 Å². The average molecular weight is 348 g/mol. The number of hydrogen-bond acceptors (Lipinski definition) is 3. The SMILES string of the molecule is Cc1cc2nc(/[NH+]=C(\N)NC(=O)Cc3ccccc3)nc(C)c2cc1C. The fraction of sp³-hybridized carbons (Fsp3) is 0.200. The number of nitrogens with two attached hydrogens (primary N) is 1. The van der Waals surface area contributed by atoms with Crippen LogP contribution >= 0.6 is 0 Å². The number of nitrogens with one attached hydrogen (secondary N) is 2. The summed E-state index contributed by atoms with van der Waals surface area (Å²) in [7, 11) is 0. The fourth-order valence-electron chi connectivity index (χ4n) is 2.72. The van der Waals surface area contributed by atoms with E-state index in [0.29, 0.717) is 5.95 Å². The third-order valence-corrected chi connectivity index (χ3v) is 4.23. The zero-order chi connectivity index (χ0) is 18.7. The van der Waals surface area contributed by atoms with Gasteiger partial charge < -0.3 is 5.73 Å². The van der Waals surface area contributed by atoms with Crippen molar-refractivity contribution in [1.29, 1.82) is 0 Å². The highest BCUT2D eigenvalue weighted by Crippen LogP contribution is 2.20. The lowest BCUT2D eigenvalue weighted by atomic mass is 10.1. The van der Waals surface area contributed by atoms with Crippen LogP contribution in [0, 0.1) is 20.8 Å². The van der Waals surface area contributed by atoms with E-state index < -0.39 is 0 Å². The molecule has 0 saturated heterocycles. The maximum Gasteiger partial charge on any atom is 0.354 e. The van der Waals surface area contributed by atoms with Gasteiger partial charge >= 0.3 is 5.95 Å². The van der Waals surface area contributed by atoms with E-state index in [9.17, 15) is 4.79 Å². The van der Waals surface area contributed by atoms with E-state index in [1.807, 2.05) is 50.2 Å². The summed E-state index contributed by atoms with van der Waals surface area (Å²) < 4.78 is 0. The number of amides is 1. The summed E-state index contributed by atoms with van der Waals surface area (Å²) in [5.41, 5.74) is 10.9. The molecule has 132 valence electrons. The zero-order valence-electron chi connectivity index (χ0n) is 15.1. The Balaban J connectivity index is 1.80. The number of fused-ring (bicyclic) bond motifs is 1. The van der Waals surface area contributed by atoms with E-state index in [4.69, 9.17) is 5.73 Å². The van der Waals surface area contributed by atoms with Gasteiger partial charge in [-0.3, -0.25) is 4.79 Å². The van der Waals surface area contributed by atoms with E-state index in [-0.39, 0.29) is 18.3 Å². The van der Waals surface area contributed by atoms with Crippen LogP contribution in [-0.2, 0) is 11.2 Å². The molecule has 0 unspecified atom stereocenters. The molecule has 4 N–H and O–H groups in total. The Labute approximate surface area is 152 Å². The van der Waals surface area contributed by atoms with Crippen molar-refractivity contribution in [2.75, 3.05) is 0 Å². The Morgan fingerprint density at radius 3 is 2.50 bits per heavy atom. The molecule has 3 aromatic rings. The van der Waals surface area contributed by atoms with Crippen LogP contribution in [0.2, 0.25) is 0 Å². The lowest BCUT2D eigenvalue weighted by Gasteiger charge is -2.04. The lowest BCUT2D eigenvalue weighted by Crippen LogP contribution is -2.75. The van der Waals surface area contributed by atoms with Gasteiger partial charge in [0, 0.05) is 5.39 Å². The number of aromatic nitrogens is 2. The Hall–Kier alpha value is -3.28. The summed E-state index contributed by atoms with van der Waals surface area (Å²) in [5, 5.41) is 3.63. The maximum absolute atomic E-state index is 12.1. The zero-order valence-corrected chi connectivity index (χ0v) is 15.1. The van der Waals surface area contributed by atoms with Gasteiger partial charge in [-0.2, -0.15) is 0 Å². The van der Waals surface area contributed by atoms with Crippen molar-refractivity contribution in [3.05, 3.63) is 64.8 Å². The lowest BCUT2D eigenvalue weighted by molar-refractivity contribution is -0.367. The van der Waals surface area contributed by atoms with E-state index in [1.54, 1.807) is 0 Å². The first-order chi connectivity index (χ1) is 12.4. The summed E-state index contributed by atoms with van der Waals surface area (Å²) in [6.45, 7) is 6.03. The molecule has 6 heteroatoms. The minimum atomic E-state index is -0.204. The van der Waals surface area contributed by atoms with Gasteiger partial charge in [-0.05, 0) is 49.6 Å². The molecular weight excluding hydrogens is 326 g/mol. The second-order valence-electron chi connectivity index (χ2n) is 6.34. The van der Waals surface area contributed by atoms with Crippen molar-refractivity contribution < 1.29 is 9.79 Å². The van der Waals surface area contributed by atoms with Gasteiger partial charge in [0.1, 0.15) is 5.52 Å². The van der Waals surface area contributed by atoms with Crippen LogP contribution in [0.4, 0.5) is 5.95 Å².